The van der Waals surface area contributed by atoms with Gasteiger partial charge in [-0.1, -0.05) is 30.0 Å². The number of rotatable bonds is 6. The molecule has 0 aromatic heterocycles. The molecule has 0 aliphatic carbocycles. The van der Waals surface area contributed by atoms with Gasteiger partial charge < -0.3 is 14.8 Å². The lowest BCUT2D eigenvalue weighted by Crippen LogP contribution is -2.26. The van der Waals surface area contributed by atoms with E-state index in [0.717, 1.165) is 23.9 Å². The van der Waals surface area contributed by atoms with Crippen molar-refractivity contribution in [1.82, 2.24) is 5.32 Å². The standard InChI is InChI=1S/C20H18F3N3O3S/c1-28-15-7-6-13(9-16(15)29-2)11-24-26-19-25-18(27)17(30-19)10-12-4-3-5-14(8-12)20(21,22)23/h3-9,11,17H,10H2,1-2H3,(H,25,26,27)/b24-11+. The topological polar surface area (TPSA) is 72.3 Å². The number of ether oxygens (including phenoxy) is 2. The van der Waals surface area contributed by atoms with E-state index in [1.54, 1.807) is 24.3 Å². The predicted octanol–water partition coefficient (Wildman–Crippen LogP) is 3.89. The molecule has 0 spiro atoms. The van der Waals surface area contributed by atoms with Gasteiger partial charge in [0.1, 0.15) is 0 Å². The Morgan fingerprint density at radius 2 is 1.90 bits per heavy atom. The maximum atomic E-state index is 12.9. The van der Waals surface area contributed by atoms with Crippen LogP contribution in [-0.2, 0) is 17.4 Å². The molecule has 30 heavy (non-hydrogen) atoms. The number of benzene rings is 2. The van der Waals surface area contributed by atoms with Crippen LogP contribution in [0.3, 0.4) is 0 Å². The Morgan fingerprint density at radius 1 is 1.13 bits per heavy atom. The largest absolute Gasteiger partial charge is 0.493 e. The Labute approximate surface area is 175 Å². The van der Waals surface area contributed by atoms with Crippen molar-refractivity contribution in [3.63, 3.8) is 0 Å². The number of amides is 1. The molecule has 1 heterocycles. The molecule has 1 unspecified atom stereocenters. The van der Waals surface area contributed by atoms with Gasteiger partial charge in [0, 0.05) is 0 Å². The third-order valence-corrected chi connectivity index (χ3v) is 5.29. The van der Waals surface area contributed by atoms with Gasteiger partial charge in [0.05, 0.1) is 31.2 Å². The first-order valence-corrected chi connectivity index (χ1v) is 9.65. The Bertz CT molecular complexity index is 993. The predicted molar refractivity (Wildman–Crippen MR) is 109 cm³/mol. The summed E-state index contributed by atoms with van der Waals surface area (Å²) in [4.78, 5) is 12.1. The molecular formula is C20H18F3N3O3S. The first-order valence-electron chi connectivity index (χ1n) is 8.77. The van der Waals surface area contributed by atoms with Crippen LogP contribution in [0.4, 0.5) is 13.2 Å². The third-order valence-electron chi connectivity index (χ3n) is 4.21. The van der Waals surface area contributed by atoms with Crippen molar-refractivity contribution in [2.45, 2.75) is 17.8 Å². The van der Waals surface area contributed by atoms with Crippen LogP contribution >= 0.6 is 11.8 Å². The van der Waals surface area contributed by atoms with Crippen molar-refractivity contribution in [2.75, 3.05) is 14.2 Å². The molecule has 1 saturated heterocycles. The summed E-state index contributed by atoms with van der Waals surface area (Å²) in [6.45, 7) is 0. The van der Waals surface area contributed by atoms with Crippen molar-refractivity contribution in [2.24, 2.45) is 10.2 Å². The van der Waals surface area contributed by atoms with Gasteiger partial charge in [-0.2, -0.15) is 18.3 Å². The second kappa shape index (κ2) is 9.21. The van der Waals surface area contributed by atoms with Gasteiger partial charge in [0.2, 0.25) is 5.91 Å². The first-order chi connectivity index (χ1) is 14.3. The van der Waals surface area contributed by atoms with Gasteiger partial charge in [-0.25, -0.2) is 0 Å². The summed E-state index contributed by atoms with van der Waals surface area (Å²) in [5, 5.41) is 10.2. The quantitative estimate of drug-likeness (QED) is 0.550. The fourth-order valence-electron chi connectivity index (χ4n) is 2.76. The van der Waals surface area contributed by atoms with Crippen LogP contribution in [0.15, 0.2) is 52.7 Å². The van der Waals surface area contributed by atoms with Crippen LogP contribution in [-0.4, -0.2) is 36.8 Å². The zero-order chi connectivity index (χ0) is 21.7. The van der Waals surface area contributed by atoms with E-state index in [0.29, 0.717) is 22.6 Å². The van der Waals surface area contributed by atoms with Crippen LogP contribution in [0.25, 0.3) is 0 Å². The minimum atomic E-state index is -4.42. The fraction of sp³-hybridized carbons (Fsp3) is 0.250. The molecule has 0 saturated carbocycles. The van der Waals surface area contributed by atoms with E-state index in [1.165, 1.54) is 26.5 Å². The Morgan fingerprint density at radius 3 is 2.60 bits per heavy atom. The van der Waals surface area contributed by atoms with E-state index in [1.807, 2.05) is 0 Å². The van der Waals surface area contributed by atoms with Crippen LogP contribution < -0.4 is 14.8 Å². The van der Waals surface area contributed by atoms with E-state index in [-0.39, 0.29) is 17.5 Å². The molecule has 0 bridgehead atoms. The highest BCUT2D eigenvalue weighted by atomic mass is 32.2. The molecule has 0 radical (unpaired) electrons. The summed E-state index contributed by atoms with van der Waals surface area (Å²) in [6.07, 6.45) is -2.78. The summed E-state index contributed by atoms with van der Waals surface area (Å²) < 4.78 is 48.9. The molecule has 6 nitrogen and oxygen atoms in total. The van der Waals surface area contributed by atoms with E-state index in [9.17, 15) is 18.0 Å². The van der Waals surface area contributed by atoms with Crippen molar-refractivity contribution in [1.29, 1.82) is 0 Å². The zero-order valence-corrected chi connectivity index (χ0v) is 16.9. The summed E-state index contributed by atoms with van der Waals surface area (Å²) in [6, 6.07) is 10.2. The fourth-order valence-corrected chi connectivity index (χ4v) is 3.72. The van der Waals surface area contributed by atoms with Crippen molar-refractivity contribution < 1.29 is 27.4 Å². The SMILES string of the molecule is COc1ccc(/C=N/N=C2NC(=O)C(Cc3cccc(C(F)(F)F)c3)S2)cc1OC. The lowest BCUT2D eigenvalue weighted by molar-refractivity contribution is -0.137. The number of hydrogen-bond donors (Lipinski definition) is 1. The van der Waals surface area contributed by atoms with E-state index >= 15 is 0 Å². The van der Waals surface area contributed by atoms with Crippen molar-refractivity contribution in [3.05, 3.63) is 59.2 Å². The van der Waals surface area contributed by atoms with Crippen molar-refractivity contribution in [3.8, 4) is 11.5 Å². The number of amidine groups is 1. The molecule has 1 N–H and O–H groups in total. The normalized spacial score (nSPS) is 18.1. The van der Waals surface area contributed by atoms with Crippen LogP contribution in [0.2, 0.25) is 0 Å². The molecule has 1 aliphatic heterocycles. The van der Waals surface area contributed by atoms with Gasteiger partial charge in [-0.3, -0.25) is 4.79 Å². The highest BCUT2D eigenvalue weighted by molar-refractivity contribution is 8.15. The molecule has 158 valence electrons. The number of halogens is 3. The molecule has 10 heteroatoms. The van der Waals surface area contributed by atoms with E-state index < -0.39 is 17.0 Å². The molecule has 2 aromatic rings. The maximum Gasteiger partial charge on any atom is 0.416 e. The number of carbonyl (C=O) groups is 1. The molecular weight excluding hydrogens is 419 g/mol. The molecule has 1 aliphatic rings. The second-order valence-electron chi connectivity index (χ2n) is 6.26. The van der Waals surface area contributed by atoms with Gasteiger partial charge in [-0.15, -0.1) is 5.10 Å². The first kappa shape index (κ1) is 21.7. The molecule has 1 amide bonds. The molecule has 1 atom stereocenters. The number of thioether (sulfide) groups is 1. The lowest BCUT2D eigenvalue weighted by atomic mass is 10.1. The van der Waals surface area contributed by atoms with Gasteiger partial charge in [-0.05, 0) is 41.8 Å². The number of alkyl halides is 3. The smallest absolute Gasteiger partial charge is 0.416 e. The average molecular weight is 437 g/mol. The number of nitrogens with one attached hydrogen (secondary N) is 1. The second-order valence-corrected chi connectivity index (χ2v) is 7.45. The number of hydrogen-bond acceptors (Lipinski definition) is 6. The van der Waals surface area contributed by atoms with Gasteiger partial charge in [0.15, 0.2) is 16.7 Å². The zero-order valence-electron chi connectivity index (χ0n) is 16.1. The Balaban J connectivity index is 1.66. The summed E-state index contributed by atoms with van der Waals surface area (Å²) in [7, 11) is 3.06. The summed E-state index contributed by atoms with van der Waals surface area (Å²) >= 11 is 1.13. The van der Waals surface area contributed by atoms with E-state index in [4.69, 9.17) is 9.47 Å². The van der Waals surface area contributed by atoms with E-state index in [2.05, 4.69) is 15.5 Å². The highest BCUT2D eigenvalue weighted by Crippen LogP contribution is 2.31. The Kier molecular flexibility index (Phi) is 6.66. The minimum absolute atomic E-state index is 0.152. The summed E-state index contributed by atoms with van der Waals surface area (Å²) in [5.41, 5.74) is 0.399. The Hall–Kier alpha value is -3.01. The van der Waals surface area contributed by atoms with Crippen LogP contribution in [0, 0.1) is 0 Å². The maximum absolute atomic E-state index is 12.9. The van der Waals surface area contributed by atoms with Crippen LogP contribution in [0.5, 0.6) is 11.5 Å². The molecule has 1 fully saturated rings. The third kappa shape index (κ3) is 5.32. The number of methoxy groups -OCH3 is 2. The average Bonchev–Trinajstić information content (AvgIpc) is 3.06. The number of carbonyl (C=O) groups excluding carboxylic acids is 1. The van der Waals surface area contributed by atoms with Gasteiger partial charge in [0.25, 0.3) is 0 Å². The highest BCUT2D eigenvalue weighted by Gasteiger charge is 2.33. The van der Waals surface area contributed by atoms with Gasteiger partial charge >= 0.3 is 6.18 Å². The number of nitrogens with zero attached hydrogens (tertiary/aromatic N) is 2. The van der Waals surface area contributed by atoms with Crippen LogP contribution in [0.1, 0.15) is 16.7 Å². The minimum Gasteiger partial charge on any atom is -0.493 e. The molecule has 3 rings (SSSR count). The monoisotopic (exact) mass is 437 g/mol. The molecule has 2 aromatic carbocycles. The summed E-state index contributed by atoms with van der Waals surface area (Å²) in [5.74, 6) is 0.799. The van der Waals surface area contributed by atoms with Crippen molar-refractivity contribution >= 4 is 29.1 Å². The lowest BCUT2D eigenvalue weighted by Gasteiger charge is -2.10.